The van der Waals surface area contributed by atoms with Gasteiger partial charge in [-0.25, -0.2) is 0 Å². The number of amides is 1. The number of hydrogen-bond donors (Lipinski definition) is 0. The molecular weight excluding hydrogens is 382 g/mol. The highest BCUT2D eigenvalue weighted by Gasteiger charge is 2.34. The molecule has 1 aliphatic rings. The first-order valence-corrected chi connectivity index (χ1v) is 8.30. The van der Waals surface area contributed by atoms with Crippen LogP contribution in [0, 0.1) is 0 Å². The molecule has 0 N–H and O–H groups in total. The molecule has 1 aliphatic heterocycles. The van der Waals surface area contributed by atoms with E-state index in [2.05, 4.69) is 9.84 Å². The van der Waals surface area contributed by atoms with Crippen molar-refractivity contribution < 1.29 is 35.9 Å². The second-order valence-electron chi connectivity index (χ2n) is 6.14. The Hall–Kier alpha value is -1.82. The Morgan fingerprint density at radius 2 is 1.78 bits per heavy atom. The zero-order chi connectivity index (χ0) is 20.1. The molecule has 154 valence electrons. The van der Waals surface area contributed by atoms with Gasteiger partial charge in [-0.05, 0) is 12.5 Å². The van der Waals surface area contributed by atoms with Crippen molar-refractivity contribution in [2.75, 3.05) is 45.9 Å². The zero-order valence-corrected chi connectivity index (χ0v) is 14.4. The average Bonchev–Trinajstić information content (AvgIpc) is 3.03. The second kappa shape index (κ2) is 8.91. The lowest BCUT2D eigenvalue weighted by molar-refractivity contribution is -0.174. The predicted octanol–water partition coefficient (Wildman–Crippen LogP) is 2.02. The van der Waals surface area contributed by atoms with Gasteiger partial charge in [-0.2, -0.15) is 31.4 Å². The molecule has 0 spiro atoms. The molecule has 27 heavy (non-hydrogen) atoms. The van der Waals surface area contributed by atoms with Crippen molar-refractivity contribution in [2.45, 2.75) is 25.3 Å². The molecule has 0 aromatic carbocycles. The van der Waals surface area contributed by atoms with Crippen LogP contribution in [0.2, 0.25) is 0 Å². The fourth-order valence-electron chi connectivity index (χ4n) is 2.64. The van der Waals surface area contributed by atoms with Crippen LogP contribution in [-0.4, -0.2) is 77.6 Å². The fourth-order valence-corrected chi connectivity index (χ4v) is 2.64. The maximum Gasteiger partial charge on any atom is 0.435 e. The summed E-state index contributed by atoms with van der Waals surface area (Å²) in [7, 11) is 0. The summed E-state index contributed by atoms with van der Waals surface area (Å²) in [6.07, 6.45) is -7.33. The van der Waals surface area contributed by atoms with Gasteiger partial charge in [0.2, 0.25) is 5.91 Å². The molecule has 6 nitrogen and oxygen atoms in total. The van der Waals surface area contributed by atoms with E-state index >= 15 is 0 Å². The number of hydrogen-bond acceptors (Lipinski definition) is 4. The summed E-state index contributed by atoms with van der Waals surface area (Å²) >= 11 is 0. The smallest absolute Gasteiger partial charge is 0.372 e. The van der Waals surface area contributed by atoms with E-state index in [1.807, 2.05) is 4.90 Å². The number of alkyl halides is 6. The Morgan fingerprint density at radius 1 is 1.11 bits per heavy atom. The van der Waals surface area contributed by atoms with Gasteiger partial charge in [0, 0.05) is 45.5 Å². The molecule has 0 aliphatic carbocycles. The molecule has 0 saturated carbocycles. The zero-order valence-electron chi connectivity index (χ0n) is 14.4. The van der Waals surface area contributed by atoms with Crippen molar-refractivity contribution in [2.24, 2.45) is 0 Å². The molecule has 1 fully saturated rings. The van der Waals surface area contributed by atoms with Crippen molar-refractivity contribution in [1.82, 2.24) is 19.6 Å². The van der Waals surface area contributed by atoms with E-state index in [9.17, 15) is 31.1 Å². The minimum absolute atomic E-state index is 0.000504. The molecule has 12 heteroatoms. The third-order valence-electron chi connectivity index (χ3n) is 3.98. The first kappa shape index (κ1) is 21.5. The normalized spacial score (nSPS) is 16.7. The van der Waals surface area contributed by atoms with E-state index < -0.39 is 24.7 Å². The summed E-state index contributed by atoms with van der Waals surface area (Å²) in [5.41, 5.74) is -1.05. The SMILES string of the molecule is O=C(Cn1ccc(C(F)(F)F)n1)N1CCN(CCCOCC(F)(F)F)CC1. The first-order valence-electron chi connectivity index (χ1n) is 8.30. The van der Waals surface area contributed by atoms with Gasteiger partial charge in [-0.1, -0.05) is 0 Å². The van der Waals surface area contributed by atoms with Gasteiger partial charge < -0.3 is 9.64 Å². The number of carbonyl (C=O) groups excluding carboxylic acids is 1. The predicted molar refractivity (Wildman–Crippen MR) is 81.7 cm³/mol. The van der Waals surface area contributed by atoms with Gasteiger partial charge in [0.1, 0.15) is 13.2 Å². The minimum Gasteiger partial charge on any atom is -0.372 e. The van der Waals surface area contributed by atoms with Crippen molar-refractivity contribution in [3.63, 3.8) is 0 Å². The van der Waals surface area contributed by atoms with Crippen LogP contribution in [0.3, 0.4) is 0 Å². The Kier molecular flexibility index (Phi) is 7.09. The number of piperazine rings is 1. The van der Waals surface area contributed by atoms with Gasteiger partial charge in [-0.15, -0.1) is 0 Å². The van der Waals surface area contributed by atoms with Crippen LogP contribution < -0.4 is 0 Å². The maximum absolute atomic E-state index is 12.5. The number of carbonyl (C=O) groups is 1. The lowest BCUT2D eigenvalue weighted by Crippen LogP contribution is -2.49. The highest BCUT2D eigenvalue weighted by atomic mass is 19.4. The van der Waals surface area contributed by atoms with Crippen LogP contribution in [-0.2, 0) is 22.3 Å². The molecule has 1 saturated heterocycles. The van der Waals surface area contributed by atoms with Gasteiger partial charge in [-0.3, -0.25) is 14.4 Å². The number of nitrogens with zero attached hydrogens (tertiary/aromatic N) is 4. The first-order chi connectivity index (χ1) is 12.5. The summed E-state index contributed by atoms with van der Waals surface area (Å²) in [5, 5.41) is 3.35. The fraction of sp³-hybridized carbons (Fsp3) is 0.733. The monoisotopic (exact) mass is 402 g/mol. The molecule has 0 unspecified atom stereocenters. The number of aromatic nitrogens is 2. The standard InChI is InChI=1S/C15H20F6N4O2/c16-14(17,18)11-27-9-1-3-23-5-7-24(8-6-23)13(26)10-25-4-2-12(22-25)15(19,20)21/h2,4H,1,3,5-11H2. The molecule has 2 heterocycles. The van der Waals surface area contributed by atoms with Crippen LogP contribution in [0.5, 0.6) is 0 Å². The molecule has 1 aromatic heterocycles. The Balaban J connectivity index is 1.66. The summed E-state index contributed by atoms with van der Waals surface area (Å²) in [6, 6.07) is 0.812. The molecule has 0 bridgehead atoms. The van der Waals surface area contributed by atoms with Gasteiger partial charge >= 0.3 is 12.4 Å². The lowest BCUT2D eigenvalue weighted by Gasteiger charge is -2.34. The van der Waals surface area contributed by atoms with E-state index in [1.54, 1.807) is 0 Å². The van der Waals surface area contributed by atoms with Gasteiger partial charge in [0.05, 0.1) is 0 Å². The van der Waals surface area contributed by atoms with Gasteiger partial charge in [0.15, 0.2) is 5.69 Å². The minimum atomic E-state index is -4.55. The van der Waals surface area contributed by atoms with Crippen LogP contribution in [0.15, 0.2) is 12.3 Å². The highest BCUT2D eigenvalue weighted by Crippen LogP contribution is 2.27. The lowest BCUT2D eigenvalue weighted by atomic mass is 10.3. The summed E-state index contributed by atoms with van der Waals surface area (Å²) < 4.78 is 78.8. The van der Waals surface area contributed by atoms with Crippen molar-refractivity contribution in [1.29, 1.82) is 0 Å². The third-order valence-corrected chi connectivity index (χ3v) is 3.98. The van der Waals surface area contributed by atoms with E-state index in [0.717, 1.165) is 16.9 Å². The van der Waals surface area contributed by atoms with Gasteiger partial charge in [0.25, 0.3) is 0 Å². The quantitative estimate of drug-likeness (QED) is 0.517. The molecular formula is C15H20F6N4O2. The number of halogens is 6. The maximum atomic E-state index is 12.5. The van der Waals surface area contributed by atoms with Crippen LogP contribution in [0.25, 0.3) is 0 Å². The van der Waals surface area contributed by atoms with E-state index in [-0.39, 0.29) is 19.1 Å². The number of ether oxygens (including phenoxy) is 1. The summed E-state index contributed by atoms with van der Waals surface area (Å²) in [6.45, 7) is 0.884. The second-order valence-corrected chi connectivity index (χ2v) is 6.14. The molecule has 0 radical (unpaired) electrons. The molecule has 1 amide bonds. The van der Waals surface area contributed by atoms with Crippen molar-refractivity contribution in [3.8, 4) is 0 Å². The van der Waals surface area contributed by atoms with E-state index in [4.69, 9.17) is 0 Å². The third kappa shape index (κ3) is 7.37. The Bertz CT molecular complexity index is 608. The molecule has 2 rings (SSSR count). The van der Waals surface area contributed by atoms with Crippen molar-refractivity contribution >= 4 is 5.91 Å². The molecule has 1 aromatic rings. The topological polar surface area (TPSA) is 50.6 Å². The van der Waals surface area contributed by atoms with Crippen molar-refractivity contribution in [3.05, 3.63) is 18.0 Å². The Morgan fingerprint density at radius 3 is 2.33 bits per heavy atom. The largest absolute Gasteiger partial charge is 0.435 e. The van der Waals surface area contributed by atoms with Crippen LogP contribution in [0.1, 0.15) is 12.1 Å². The average molecular weight is 402 g/mol. The summed E-state index contributed by atoms with van der Waals surface area (Å²) in [4.78, 5) is 15.7. The highest BCUT2D eigenvalue weighted by molar-refractivity contribution is 5.76. The van der Waals surface area contributed by atoms with E-state index in [0.29, 0.717) is 39.1 Å². The molecule has 0 atom stereocenters. The Labute approximate surface area is 151 Å². The van der Waals surface area contributed by atoms with Crippen LogP contribution in [0.4, 0.5) is 26.3 Å². The van der Waals surface area contributed by atoms with Crippen LogP contribution >= 0.6 is 0 Å². The summed E-state index contributed by atoms with van der Waals surface area (Å²) in [5.74, 6) is -0.333. The van der Waals surface area contributed by atoms with E-state index in [1.165, 1.54) is 4.90 Å². The number of rotatable bonds is 7.